The Morgan fingerprint density at radius 3 is 2.42 bits per heavy atom. The van der Waals surface area contributed by atoms with Gasteiger partial charge in [-0.05, 0) is 18.4 Å². The lowest BCUT2D eigenvalue weighted by atomic mass is 10.0. The van der Waals surface area contributed by atoms with Crippen molar-refractivity contribution in [2.75, 3.05) is 37.7 Å². The zero-order chi connectivity index (χ0) is 16.8. The minimum atomic E-state index is -0.244. The van der Waals surface area contributed by atoms with Crippen molar-refractivity contribution in [2.45, 2.75) is 18.9 Å². The smallest absolute Gasteiger partial charge is 0.242 e. The van der Waals surface area contributed by atoms with Crippen LogP contribution in [-0.4, -0.2) is 54.4 Å². The highest BCUT2D eigenvalue weighted by atomic mass is 32.2. The standard InChI is InChI=1S/C18H25N3O2S/c22-17(15-6-7-15)19-8-9-20-18(23)16(14-4-2-1-3-5-14)21-10-12-24-13-11-21/h1-5,15-16H,6-13H2,(H,19,22)(H,20,23)/t16-/m0/s1. The maximum atomic E-state index is 12.8. The Morgan fingerprint density at radius 2 is 1.75 bits per heavy atom. The number of nitrogens with zero attached hydrogens (tertiary/aromatic N) is 1. The predicted molar refractivity (Wildman–Crippen MR) is 96.8 cm³/mol. The predicted octanol–water partition coefficient (Wildman–Crippen LogP) is 1.42. The molecule has 1 aliphatic carbocycles. The number of benzene rings is 1. The molecule has 0 spiro atoms. The molecule has 1 aliphatic heterocycles. The van der Waals surface area contributed by atoms with Crippen LogP contribution in [-0.2, 0) is 9.59 Å². The number of nitrogens with one attached hydrogen (secondary N) is 2. The third-order valence-corrected chi connectivity index (χ3v) is 5.39. The molecule has 1 aromatic carbocycles. The lowest BCUT2D eigenvalue weighted by molar-refractivity contribution is -0.127. The fourth-order valence-corrected chi connectivity index (χ4v) is 3.89. The number of amides is 2. The number of carbonyl (C=O) groups excluding carboxylic acids is 2. The monoisotopic (exact) mass is 347 g/mol. The summed E-state index contributed by atoms with van der Waals surface area (Å²) in [7, 11) is 0. The van der Waals surface area contributed by atoms with Gasteiger partial charge in [0.1, 0.15) is 6.04 Å². The summed E-state index contributed by atoms with van der Waals surface area (Å²) in [5, 5.41) is 5.88. The fourth-order valence-electron chi connectivity index (χ4n) is 2.96. The summed E-state index contributed by atoms with van der Waals surface area (Å²) < 4.78 is 0. The van der Waals surface area contributed by atoms with E-state index in [4.69, 9.17) is 0 Å². The number of rotatable bonds is 7. The first-order valence-electron chi connectivity index (χ1n) is 8.68. The second kappa shape index (κ2) is 8.53. The lowest BCUT2D eigenvalue weighted by Gasteiger charge is -2.33. The second-order valence-electron chi connectivity index (χ2n) is 6.32. The zero-order valence-electron chi connectivity index (χ0n) is 13.9. The van der Waals surface area contributed by atoms with E-state index in [1.54, 1.807) is 0 Å². The van der Waals surface area contributed by atoms with Crippen molar-refractivity contribution in [1.82, 2.24) is 15.5 Å². The minimum Gasteiger partial charge on any atom is -0.354 e. The summed E-state index contributed by atoms with van der Waals surface area (Å²) in [4.78, 5) is 26.6. The first-order chi connectivity index (χ1) is 11.8. The fraction of sp³-hybridized carbons (Fsp3) is 0.556. The maximum absolute atomic E-state index is 12.8. The van der Waals surface area contributed by atoms with Gasteiger partial charge in [-0.1, -0.05) is 30.3 Å². The van der Waals surface area contributed by atoms with Crippen LogP contribution < -0.4 is 10.6 Å². The topological polar surface area (TPSA) is 61.4 Å². The molecule has 3 rings (SSSR count). The molecule has 0 radical (unpaired) electrons. The van der Waals surface area contributed by atoms with Crippen LogP contribution in [0.3, 0.4) is 0 Å². The molecule has 24 heavy (non-hydrogen) atoms. The van der Waals surface area contributed by atoms with Crippen LogP contribution in [0.1, 0.15) is 24.4 Å². The van der Waals surface area contributed by atoms with Gasteiger partial charge in [-0.2, -0.15) is 11.8 Å². The van der Waals surface area contributed by atoms with Crippen molar-refractivity contribution in [3.05, 3.63) is 35.9 Å². The van der Waals surface area contributed by atoms with Crippen molar-refractivity contribution < 1.29 is 9.59 Å². The van der Waals surface area contributed by atoms with Crippen molar-refractivity contribution in [1.29, 1.82) is 0 Å². The van der Waals surface area contributed by atoms with Gasteiger partial charge in [0.2, 0.25) is 11.8 Å². The van der Waals surface area contributed by atoms with E-state index < -0.39 is 0 Å². The van der Waals surface area contributed by atoms with E-state index in [0.717, 1.165) is 43.0 Å². The normalized spacial score (nSPS) is 19.5. The quantitative estimate of drug-likeness (QED) is 0.733. The first-order valence-corrected chi connectivity index (χ1v) is 9.83. The van der Waals surface area contributed by atoms with Gasteiger partial charge < -0.3 is 10.6 Å². The molecule has 6 heteroatoms. The highest BCUT2D eigenvalue weighted by molar-refractivity contribution is 7.99. The van der Waals surface area contributed by atoms with Crippen LogP contribution >= 0.6 is 11.8 Å². The van der Waals surface area contributed by atoms with Crippen LogP contribution in [0.5, 0.6) is 0 Å². The van der Waals surface area contributed by atoms with Crippen LogP contribution in [0.15, 0.2) is 30.3 Å². The van der Waals surface area contributed by atoms with E-state index in [2.05, 4.69) is 15.5 Å². The summed E-state index contributed by atoms with van der Waals surface area (Å²) in [6.45, 7) is 2.83. The highest BCUT2D eigenvalue weighted by Gasteiger charge is 2.30. The Kier molecular flexibility index (Phi) is 6.15. The van der Waals surface area contributed by atoms with Gasteiger partial charge in [0.15, 0.2) is 0 Å². The lowest BCUT2D eigenvalue weighted by Crippen LogP contribution is -2.45. The van der Waals surface area contributed by atoms with Crippen molar-refractivity contribution in [2.24, 2.45) is 5.92 Å². The highest BCUT2D eigenvalue weighted by Crippen LogP contribution is 2.28. The van der Waals surface area contributed by atoms with Gasteiger partial charge in [-0.15, -0.1) is 0 Å². The number of hydrogen-bond acceptors (Lipinski definition) is 4. The van der Waals surface area contributed by atoms with E-state index in [9.17, 15) is 9.59 Å². The van der Waals surface area contributed by atoms with E-state index in [-0.39, 0.29) is 23.8 Å². The van der Waals surface area contributed by atoms with E-state index in [1.807, 2.05) is 42.1 Å². The molecule has 5 nitrogen and oxygen atoms in total. The Bertz CT molecular complexity index is 557. The minimum absolute atomic E-state index is 0.0220. The summed E-state index contributed by atoms with van der Waals surface area (Å²) in [6, 6.07) is 9.71. The molecule has 1 heterocycles. The summed E-state index contributed by atoms with van der Waals surface area (Å²) >= 11 is 1.94. The van der Waals surface area contributed by atoms with Gasteiger partial charge >= 0.3 is 0 Å². The van der Waals surface area contributed by atoms with Gasteiger partial charge in [0.05, 0.1) is 0 Å². The van der Waals surface area contributed by atoms with Gasteiger partial charge in [-0.25, -0.2) is 0 Å². The molecule has 0 unspecified atom stereocenters. The van der Waals surface area contributed by atoms with E-state index >= 15 is 0 Å². The van der Waals surface area contributed by atoms with E-state index in [0.29, 0.717) is 13.1 Å². The van der Waals surface area contributed by atoms with Gasteiger partial charge in [0, 0.05) is 43.6 Å². The molecule has 1 aromatic rings. The Labute approximate surface area is 147 Å². The average Bonchev–Trinajstić information content (AvgIpc) is 3.46. The van der Waals surface area contributed by atoms with Crippen molar-refractivity contribution in [3.63, 3.8) is 0 Å². The molecular weight excluding hydrogens is 322 g/mol. The summed E-state index contributed by atoms with van der Waals surface area (Å²) in [5.74, 6) is 2.48. The van der Waals surface area contributed by atoms with Crippen LogP contribution in [0.2, 0.25) is 0 Å². The molecule has 1 saturated heterocycles. The SMILES string of the molecule is O=C(NCCNC(=O)[C@H](c1ccccc1)N1CCSCC1)C1CC1. The Morgan fingerprint density at radius 1 is 1.08 bits per heavy atom. The van der Waals surface area contributed by atoms with Crippen molar-refractivity contribution in [3.8, 4) is 0 Å². The zero-order valence-corrected chi connectivity index (χ0v) is 14.7. The maximum Gasteiger partial charge on any atom is 0.242 e. The molecule has 1 saturated carbocycles. The molecular formula is C18H25N3O2S. The molecule has 2 aliphatic rings. The molecule has 0 bridgehead atoms. The Hall–Kier alpha value is -1.53. The molecule has 2 amide bonds. The Balaban J connectivity index is 1.55. The molecule has 0 aromatic heterocycles. The molecule has 130 valence electrons. The van der Waals surface area contributed by atoms with Crippen molar-refractivity contribution >= 4 is 23.6 Å². The van der Waals surface area contributed by atoms with Crippen LogP contribution in [0, 0.1) is 5.92 Å². The first kappa shape index (κ1) is 17.3. The van der Waals surface area contributed by atoms with Gasteiger partial charge in [-0.3, -0.25) is 14.5 Å². The largest absolute Gasteiger partial charge is 0.354 e. The summed E-state index contributed by atoms with van der Waals surface area (Å²) in [6.07, 6.45) is 2.00. The van der Waals surface area contributed by atoms with E-state index in [1.165, 1.54) is 0 Å². The third kappa shape index (κ3) is 4.74. The third-order valence-electron chi connectivity index (χ3n) is 4.45. The molecule has 2 fully saturated rings. The van der Waals surface area contributed by atoms with Crippen LogP contribution in [0.4, 0.5) is 0 Å². The average molecular weight is 347 g/mol. The molecule has 1 atom stereocenters. The van der Waals surface area contributed by atoms with Crippen LogP contribution in [0.25, 0.3) is 0 Å². The number of carbonyl (C=O) groups is 2. The number of thioether (sulfide) groups is 1. The summed E-state index contributed by atoms with van der Waals surface area (Å²) in [5.41, 5.74) is 1.03. The molecule has 2 N–H and O–H groups in total. The number of hydrogen-bond donors (Lipinski definition) is 2. The second-order valence-corrected chi connectivity index (χ2v) is 7.54. The van der Waals surface area contributed by atoms with Gasteiger partial charge in [0.25, 0.3) is 0 Å².